The van der Waals surface area contributed by atoms with Crippen LogP contribution in [0.5, 0.6) is 0 Å². The summed E-state index contributed by atoms with van der Waals surface area (Å²) in [6, 6.07) is 15.3. The number of carbonyl (C=O) groups is 1. The van der Waals surface area contributed by atoms with E-state index < -0.39 is 0 Å². The van der Waals surface area contributed by atoms with Crippen molar-refractivity contribution in [1.29, 1.82) is 5.26 Å². The summed E-state index contributed by atoms with van der Waals surface area (Å²) in [5.74, 6) is 0.0338. The van der Waals surface area contributed by atoms with Gasteiger partial charge in [-0.1, -0.05) is 18.2 Å². The van der Waals surface area contributed by atoms with Crippen molar-refractivity contribution >= 4 is 11.6 Å². The smallest absolute Gasteiger partial charge is 0.258 e. The largest absolute Gasteiger partial charge is 0.308 e. The van der Waals surface area contributed by atoms with E-state index in [2.05, 4.69) is 6.07 Å². The van der Waals surface area contributed by atoms with Crippen LogP contribution in [0.15, 0.2) is 42.5 Å². The van der Waals surface area contributed by atoms with Crippen molar-refractivity contribution in [2.24, 2.45) is 0 Å². The van der Waals surface area contributed by atoms with Crippen molar-refractivity contribution in [3.05, 3.63) is 64.7 Å². The van der Waals surface area contributed by atoms with Gasteiger partial charge in [0.05, 0.1) is 11.6 Å². The standard InChI is InChI=1S/C17H14N2O/c1-12-4-2-3-5-15(12)17(20)19-9-8-14-10-13(11-18)6-7-16(14)19/h2-7,10H,8-9H2,1H3. The van der Waals surface area contributed by atoms with Crippen molar-refractivity contribution in [2.45, 2.75) is 13.3 Å². The summed E-state index contributed by atoms with van der Waals surface area (Å²) in [4.78, 5) is 14.5. The number of carbonyl (C=O) groups excluding carboxylic acids is 1. The number of amides is 1. The molecule has 0 bridgehead atoms. The highest BCUT2D eigenvalue weighted by Crippen LogP contribution is 2.30. The number of rotatable bonds is 1. The van der Waals surface area contributed by atoms with E-state index in [1.807, 2.05) is 43.3 Å². The van der Waals surface area contributed by atoms with Crippen LogP contribution in [0, 0.1) is 18.3 Å². The van der Waals surface area contributed by atoms with Gasteiger partial charge in [-0.2, -0.15) is 5.26 Å². The monoisotopic (exact) mass is 262 g/mol. The first-order chi connectivity index (χ1) is 9.70. The summed E-state index contributed by atoms with van der Waals surface area (Å²) in [5.41, 5.74) is 4.38. The molecular weight excluding hydrogens is 248 g/mol. The van der Waals surface area contributed by atoms with Gasteiger partial charge < -0.3 is 4.90 Å². The molecule has 0 radical (unpaired) electrons. The Morgan fingerprint density at radius 1 is 1.25 bits per heavy atom. The maximum atomic E-state index is 12.6. The number of aryl methyl sites for hydroxylation is 1. The molecule has 2 aromatic carbocycles. The minimum atomic E-state index is 0.0338. The summed E-state index contributed by atoms with van der Waals surface area (Å²) < 4.78 is 0. The zero-order chi connectivity index (χ0) is 14.1. The first kappa shape index (κ1) is 12.4. The van der Waals surface area contributed by atoms with Crippen LogP contribution in [0.25, 0.3) is 0 Å². The van der Waals surface area contributed by atoms with E-state index in [0.717, 1.165) is 28.8 Å². The lowest BCUT2D eigenvalue weighted by atomic mass is 10.1. The summed E-state index contributed by atoms with van der Waals surface area (Å²) in [6.45, 7) is 2.63. The van der Waals surface area contributed by atoms with E-state index in [9.17, 15) is 4.79 Å². The Kier molecular flexibility index (Phi) is 3.00. The highest BCUT2D eigenvalue weighted by Gasteiger charge is 2.26. The second-order valence-corrected chi connectivity index (χ2v) is 4.98. The molecule has 3 nitrogen and oxygen atoms in total. The van der Waals surface area contributed by atoms with Gasteiger partial charge >= 0.3 is 0 Å². The summed E-state index contributed by atoms with van der Waals surface area (Å²) >= 11 is 0. The summed E-state index contributed by atoms with van der Waals surface area (Å²) in [6.07, 6.45) is 0.808. The number of fused-ring (bicyclic) bond motifs is 1. The Labute approximate surface area is 118 Å². The Hall–Kier alpha value is -2.60. The second-order valence-electron chi connectivity index (χ2n) is 4.98. The van der Waals surface area contributed by atoms with E-state index in [4.69, 9.17) is 5.26 Å². The van der Waals surface area contributed by atoms with Gasteiger partial charge in [-0.15, -0.1) is 0 Å². The lowest BCUT2D eigenvalue weighted by Gasteiger charge is -2.18. The van der Waals surface area contributed by atoms with Crippen LogP contribution in [0.1, 0.15) is 27.0 Å². The van der Waals surface area contributed by atoms with E-state index in [0.29, 0.717) is 12.1 Å². The van der Waals surface area contributed by atoms with Crippen LogP contribution < -0.4 is 4.90 Å². The van der Waals surface area contributed by atoms with Gasteiger partial charge in [-0.25, -0.2) is 0 Å². The molecule has 0 N–H and O–H groups in total. The quantitative estimate of drug-likeness (QED) is 0.792. The molecule has 0 spiro atoms. The molecule has 0 fully saturated rings. The van der Waals surface area contributed by atoms with Crippen LogP contribution in [-0.2, 0) is 6.42 Å². The van der Waals surface area contributed by atoms with Crippen LogP contribution in [0.2, 0.25) is 0 Å². The SMILES string of the molecule is Cc1ccccc1C(=O)N1CCc2cc(C#N)ccc21. The molecule has 0 aliphatic carbocycles. The van der Waals surface area contributed by atoms with Crippen molar-refractivity contribution < 1.29 is 4.79 Å². The van der Waals surface area contributed by atoms with Gasteiger partial charge in [-0.05, 0) is 48.7 Å². The number of hydrogen-bond acceptors (Lipinski definition) is 2. The molecule has 0 saturated carbocycles. The Morgan fingerprint density at radius 3 is 2.80 bits per heavy atom. The van der Waals surface area contributed by atoms with Crippen molar-refractivity contribution in [2.75, 3.05) is 11.4 Å². The van der Waals surface area contributed by atoms with Crippen LogP contribution >= 0.6 is 0 Å². The molecule has 2 aromatic rings. The molecule has 0 atom stereocenters. The first-order valence-electron chi connectivity index (χ1n) is 6.61. The third-order valence-corrected chi connectivity index (χ3v) is 3.72. The van der Waals surface area contributed by atoms with Gasteiger partial charge in [0.2, 0.25) is 0 Å². The van der Waals surface area contributed by atoms with Gasteiger partial charge in [0.1, 0.15) is 0 Å². The molecule has 1 aliphatic heterocycles. The minimum Gasteiger partial charge on any atom is -0.308 e. The molecule has 0 saturated heterocycles. The molecule has 0 unspecified atom stereocenters. The van der Waals surface area contributed by atoms with Crippen molar-refractivity contribution in [3.8, 4) is 6.07 Å². The first-order valence-corrected chi connectivity index (χ1v) is 6.61. The number of benzene rings is 2. The van der Waals surface area contributed by atoms with Gasteiger partial charge in [0, 0.05) is 17.8 Å². The summed E-state index contributed by atoms with van der Waals surface area (Å²) in [5, 5.41) is 8.93. The highest BCUT2D eigenvalue weighted by molar-refractivity contribution is 6.08. The molecule has 20 heavy (non-hydrogen) atoms. The molecule has 3 heteroatoms. The highest BCUT2D eigenvalue weighted by atomic mass is 16.2. The lowest BCUT2D eigenvalue weighted by Crippen LogP contribution is -2.29. The van der Waals surface area contributed by atoms with Gasteiger partial charge in [0.15, 0.2) is 0 Å². The number of nitrogens with zero attached hydrogens (tertiary/aromatic N) is 2. The molecule has 1 aliphatic rings. The number of anilines is 1. The van der Waals surface area contributed by atoms with Gasteiger partial charge in [0.25, 0.3) is 5.91 Å². The molecular formula is C17H14N2O. The van der Waals surface area contributed by atoms with Crippen molar-refractivity contribution in [3.63, 3.8) is 0 Å². The molecule has 98 valence electrons. The van der Waals surface area contributed by atoms with Crippen LogP contribution in [0.4, 0.5) is 5.69 Å². The van der Waals surface area contributed by atoms with Crippen LogP contribution in [-0.4, -0.2) is 12.5 Å². The number of nitriles is 1. The van der Waals surface area contributed by atoms with E-state index in [-0.39, 0.29) is 5.91 Å². The molecule has 1 amide bonds. The Morgan fingerprint density at radius 2 is 2.05 bits per heavy atom. The Balaban J connectivity index is 1.98. The van der Waals surface area contributed by atoms with E-state index in [1.165, 1.54) is 0 Å². The minimum absolute atomic E-state index is 0.0338. The molecule has 0 aromatic heterocycles. The van der Waals surface area contributed by atoms with Gasteiger partial charge in [-0.3, -0.25) is 4.79 Å². The Bertz CT molecular complexity index is 728. The fourth-order valence-electron chi connectivity index (χ4n) is 2.64. The predicted octanol–water partition coefficient (Wildman–Crippen LogP) is 3.07. The maximum Gasteiger partial charge on any atom is 0.258 e. The maximum absolute atomic E-state index is 12.6. The average Bonchev–Trinajstić information content (AvgIpc) is 2.90. The predicted molar refractivity (Wildman–Crippen MR) is 77.7 cm³/mol. The summed E-state index contributed by atoms with van der Waals surface area (Å²) in [7, 11) is 0. The number of hydrogen-bond donors (Lipinski definition) is 0. The topological polar surface area (TPSA) is 44.1 Å². The zero-order valence-corrected chi connectivity index (χ0v) is 11.3. The lowest BCUT2D eigenvalue weighted by molar-refractivity contribution is 0.0989. The molecule has 1 heterocycles. The normalized spacial score (nSPS) is 12.9. The second kappa shape index (κ2) is 4.82. The van der Waals surface area contributed by atoms with E-state index in [1.54, 1.807) is 11.0 Å². The molecule has 3 rings (SSSR count). The average molecular weight is 262 g/mol. The third kappa shape index (κ3) is 1.96. The third-order valence-electron chi connectivity index (χ3n) is 3.72. The van der Waals surface area contributed by atoms with E-state index >= 15 is 0 Å². The fraction of sp³-hybridized carbons (Fsp3) is 0.176. The fourth-order valence-corrected chi connectivity index (χ4v) is 2.64. The van der Waals surface area contributed by atoms with Crippen molar-refractivity contribution in [1.82, 2.24) is 0 Å². The zero-order valence-electron chi connectivity index (χ0n) is 11.3. The van der Waals surface area contributed by atoms with Crippen LogP contribution in [0.3, 0.4) is 0 Å².